The highest BCUT2D eigenvalue weighted by molar-refractivity contribution is 5.68. The van der Waals surface area contributed by atoms with Gasteiger partial charge in [-0.25, -0.2) is 4.79 Å². The molecule has 1 aromatic carbocycles. The van der Waals surface area contributed by atoms with E-state index in [1.54, 1.807) is 4.90 Å². The van der Waals surface area contributed by atoms with E-state index in [4.69, 9.17) is 4.74 Å². The van der Waals surface area contributed by atoms with E-state index in [0.717, 1.165) is 18.4 Å². The van der Waals surface area contributed by atoms with E-state index in [9.17, 15) is 9.90 Å². The summed E-state index contributed by atoms with van der Waals surface area (Å²) in [7, 11) is 0. The average Bonchev–Trinajstić information content (AvgIpc) is 2.45. The van der Waals surface area contributed by atoms with Crippen molar-refractivity contribution in [2.45, 2.75) is 32.4 Å². The number of ether oxygens (including phenoxy) is 1. The van der Waals surface area contributed by atoms with Crippen molar-refractivity contribution in [1.82, 2.24) is 4.90 Å². The first-order valence-electron chi connectivity index (χ1n) is 6.80. The number of nitrogens with zero attached hydrogens (tertiary/aromatic N) is 1. The van der Waals surface area contributed by atoms with Gasteiger partial charge in [-0.15, -0.1) is 0 Å². The Hall–Kier alpha value is -1.55. The quantitative estimate of drug-likeness (QED) is 0.911. The molecule has 4 heteroatoms. The fourth-order valence-corrected chi connectivity index (χ4v) is 2.56. The van der Waals surface area contributed by atoms with E-state index in [1.165, 1.54) is 0 Å². The largest absolute Gasteiger partial charge is 0.445 e. The molecular formula is C15H21NO3. The van der Waals surface area contributed by atoms with Gasteiger partial charge in [-0.2, -0.15) is 0 Å². The molecule has 19 heavy (non-hydrogen) atoms. The fourth-order valence-electron chi connectivity index (χ4n) is 2.56. The van der Waals surface area contributed by atoms with Gasteiger partial charge >= 0.3 is 6.09 Å². The second kappa shape index (κ2) is 6.57. The highest BCUT2D eigenvalue weighted by atomic mass is 16.6. The smallest absolute Gasteiger partial charge is 0.410 e. The van der Waals surface area contributed by atoms with Gasteiger partial charge in [0.25, 0.3) is 0 Å². The Balaban J connectivity index is 1.91. The molecule has 1 aliphatic rings. The number of carbonyl (C=O) groups excluding carboxylic acids is 1. The normalized spacial score (nSPS) is 23.2. The molecule has 0 saturated carbocycles. The fraction of sp³-hybridized carbons (Fsp3) is 0.533. The summed E-state index contributed by atoms with van der Waals surface area (Å²) in [5.74, 6) is 0.322. The van der Waals surface area contributed by atoms with Crippen LogP contribution in [0.3, 0.4) is 0 Å². The third-order valence-corrected chi connectivity index (χ3v) is 3.74. The zero-order valence-corrected chi connectivity index (χ0v) is 11.3. The highest BCUT2D eigenvalue weighted by Crippen LogP contribution is 2.23. The van der Waals surface area contributed by atoms with Gasteiger partial charge in [-0.05, 0) is 24.3 Å². The Bertz CT molecular complexity index is 407. The highest BCUT2D eigenvalue weighted by Gasteiger charge is 2.32. The molecule has 0 radical (unpaired) electrons. The lowest BCUT2D eigenvalue weighted by molar-refractivity contribution is 0.0301. The second-order valence-electron chi connectivity index (χ2n) is 5.10. The van der Waals surface area contributed by atoms with Crippen LogP contribution in [0, 0.1) is 5.92 Å². The maximum Gasteiger partial charge on any atom is 0.410 e. The first-order valence-corrected chi connectivity index (χ1v) is 6.80. The summed E-state index contributed by atoms with van der Waals surface area (Å²) in [5, 5.41) is 9.42. The van der Waals surface area contributed by atoms with Gasteiger partial charge in [0.05, 0.1) is 12.6 Å². The van der Waals surface area contributed by atoms with Crippen LogP contribution in [0.15, 0.2) is 30.3 Å². The number of aliphatic hydroxyl groups is 1. The molecule has 4 nitrogen and oxygen atoms in total. The predicted octanol–water partition coefficient (Wildman–Crippen LogP) is 2.42. The minimum absolute atomic E-state index is 0.00159. The molecule has 1 fully saturated rings. The number of benzene rings is 1. The number of piperidine rings is 1. The van der Waals surface area contributed by atoms with E-state index in [-0.39, 0.29) is 25.3 Å². The number of aliphatic hydroxyl groups excluding tert-OH is 1. The van der Waals surface area contributed by atoms with Crippen LogP contribution in [0.2, 0.25) is 0 Å². The number of rotatable bonds is 3. The monoisotopic (exact) mass is 263 g/mol. The van der Waals surface area contributed by atoms with Crippen LogP contribution >= 0.6 is 0 Å². The van der Waals surface area contributed by atoms with Crippen molar-refractivity contribution in [3.05, 3.63) is 35.9 Å². The molecule has 1 N–H and O–H groups in total. The lowest BCUT2D eigenvalue weighted by Gasteiger charge is -2.38. The van der Waals surface area contributed by atoms with Crippen LogP contribution < -0.4 is 0 Å². The third kappa shape index (κ3) is 3.47. The molecule has 1 aliphatic heterocycles. The topological polar surface area (TPSA) is 49.8 Å². The van der Waals surface area contributed by atoms with E-state index in [2.05, 4.69) is 6.92 Å². The second-order valence-corrected chi connectivity index (χ2v) is 5.10. The molecule has 2 rings (SSSR count). The summed E-state index contributed by atoms with van der Waals surface area (Å²) in [6.07, 6.45) is 1.70. The van der Waals surface area contributed by atoms with Crippen molar-refractivity contribution in [1.29, 1.82) is 0 Å². The molecule has 1 amide bonds. The van der Waals surface area contributed by atoms with Gasteiger partial charge in [-0.3, -0.25) is 0 Å². The van der Waals surface area contributed by atoms with Crippen LogP contribution in [0.1, 0.15) is 25.3 Å². The Morgan fingerprint density at radius 2 is 2.16 bits per heavy atom. The van der Waals surface area contributed by atoms with Gasteiger partial charge in [0.2, 0.25) is 0 Å². The molecule has 0 bridgehead atoms. The zero-order valence-electron chi connectivity index (χ0n) is 11.3. The molecule has 1 saturated heterocycles. The van der Waals surface area contributed by atoms with Crippen molar-refractivity contribution < 1.29 is 14.6 Å². The SMILES string of the molecule is C[C@H]1CCCN(C(=O)OCc2ccccc2)[C@H]1CO. The average molecular weight is 263 g/mol. The summed E-state index contributed by atoms with van der Waals surface area (Å²) in [5.41, 5.74) is 0.974. The number of likely N-dealkylation sites (tertiary alicyclic amines) is 1. The molecule has 0 spiro atoms. The number of carbonyl (C=O) groups is 1. The lowest BCUT2D eigenvalue weighted by atomic mass is 9.92. The van der Waals surface area contributed by atoms with E-state index >= 15 is 0 Å². The molecule has 2 atom stereocenters. The molecule has 0 unspecified atom stereocenters. The van der Waals surface area contributed by atoms with Crippen LogP contribution in [-0.4, -0.2) is 35.3 Å². The molecule has 104 valence electrons. The molecule has 0 aliphatic carbocycles. The molecule has 0 aromatic heterocycles. The minimum atomic E-state index is -0.325. The summed E-state index contributed by atoms with van der Waals surface area (Å²) in [6, 6.07) is 9.51. The van der Waals surface area contributed by atoms with Crippen molar-refractivity contribution in [2.75, 3.05) is 13.2 Å². The van der Waals surface area contributed by atoms with E-state index in [0.29, 0.717) is 12.5 Å². The summed E-state index contributed by atoms with van der Waals surface area (Å²) in [4.78, 5) is 13.7. The van der Waals surface area contributed by atoms with Crippen molar-refractivity contribution in [3.63, 3.8) is 0 Å². The summed E-state index contributed by atoms with van der Waals surface area (Å²) in [6.45, 7) is 3.02. The number of hydrogen-bond donors (Lipinski definition) is 1. The van der Waals surface area contributed by atoms with Crippen molar-refractivity contribution in [3.8, 4) is 0 Å². The predicted molar refractivity (Wildman–Crippen MR) is 72.6 cm³/mol. The summed E-state index contributed by atoms with van der Waals surface area (Å²) < 4.78 is 5.32. The van der Waals surface area contributed by atoms with Crippen molar-refractivity contribution >= 4 is 6.09 Å². The van der Waals surface area contributed by atoms with Gasteiger partial charge in [-0.1, -0.05) is 37.3 Å². The molecule has 1 heterocycles. The van der Waals surface area contributed by atoms with E-state index < -0.39 is 0 Å². The van der Waals surface area contributed by atoms with Crippen molar-refractivity contribution in [2.24, 2.45) is 5.92 Å². The van der Waals surface area contributed by atoms with Gasteiger partial charge in [0.15, 0.2) is 0 Å². The van der Waals surface area contributed by atoms with E-state index in [1.807, 2.05) is 30.3 Å². The Morgan fingerprint density at radius 1 is 1.42 bits per heavy atom. The maximum atomic E-state index is 12.1. The Labute approximate surface area is 114 Å². The first kappa shape index (κ1) is 13.9. The standard InChI is InChI=1S/C15H21NO3/c1-12-6-5-9-16(14(12)10-17)15(18)19-11-13-7-3-2-4-8-13/h2-4,7-8,12,14,17H,5-6,9-11H2,1H3/t12-,14-/m0/s1. The van der Waals surface area contributed by atoms with Crippen LogP contribution in [-0.2, 0) is 11.3 Å². The van der Waals surface area contributed by atoms with Crippen LogP contribution in [0.4, 0.5) is 4.79 Å². The molecule has 1 aromatic rings. The Kier molecular flexibility index (Phi) is 4.80. The Morgan fingerprint density at radius 3 is 2.84 bits per heavy atom. The minimum Gasteiger partial charge on any atom is -0.445 e. The number of hydrogen-bond acceptors (Lipinski definition) is 3. The van der Waals surface area contributed by atoms with Crippen LogP contribution in [0.25, 0.3) is 0 Å². The van der Waals surface area contributed by atoms with Crippen LogP contribution in [0.5, 0.6) is 0 Å². The van der Waals surface area contributed by atoms with Gasteiger partial charge in [0, 0.05) is 6.54 Å². The first-order chi connectivity index (χ1) is 9.22. The van der Waals surface area contributed by atoms with Gasteiger partial charge < -0.3 is 14.7 Å². The van der Waals surface area contributed by atoms with Gasteiger partial charge in [0.1, 0.15) is 6.61 Å². The lowest BCUT2D eigenvalue weighted by Crippen LogP contribution is -2.49. The third-order valence-electron chi connectivity index (χ3n) is 3.74. The maximum absolute atomic E-state index is 12.1. The zero-order chi connectivity index (χ0) is 13.7. The number of amides is 1. The molecular weight excluding hydrogens is 242 g/mol. The summed E-state index contributed by atoms with van der Waals surface area (Å²) >= 11 is 0.